The molecule has 0 atom stereocenters. The number of para-hydroxylation sites is 1. The molecule has 2 aromatic rings. The van der Waals surface area contributed by atoms with E-state index in [9.17, 15) is 9.70 Å². The highest BCUT2D eigenvalue weighted by atomic mass is 16.4. The van der Waals surface area contributed by atoms with Crippen LogP contribution in [-0.4, -0.2) is 11.2 Å². The van der Waals surface area contributed by atoms with Crippen molar-refractivity contribution in [1.29, 1.82) is 0 Å². The first-order chi connectivity index (χ1) is 9.20. The first-order valence-electron chi connectivity index (χ1n) is 5.68. The lowest BCUT2D eigenvalue weighted by atomic mass is 10.0. The lowest BCUT2D eigenvalue weighted by Crippen LogP contribution is -2.08. The third-order valence-corrected chi connectivity index (χ3v) is 2.65. The first kappa shape index (κ1) is 12.8. The van der Waals surface area contributed by atoms with Crippen molar-refractivity contribution in [3.05, 3.63) is 59.0 Å². The lowest BCUT2D eigenvalue weighted by Gasteiger charge is -2.09. The highest BCUT2D eigenvalue weighted by Crippen LogP contribution is 2.28. The van der Waals surface area contributed by atoms with Crippen molar-refractivity contribution in [3.63, 3.8) is 0 Å². The molecule has 0 fully saturated rings. The van der Waals surface area contributed by atoms with Gasteiger partial charge in [-0.05, 0) is 23.3 Å². The Labute approximate surface area is 109 Å². The molecule has 5 nitrogen and oxygen atoms in total. The first-order valence-corrected chi connectivity index (χ1v) is 5.68. The maximum absolute atomic E-state index is 10.8. The monoisotopic (exact) mass is 256 g/mol. The molecule has 19 heavy (non-hydrogen) atoms. The Morgan fingerprint density at radius 3 is 2.68 bits per heavy atom. The van der Waals surface area contributed by atoms with Gasteiger partial charge in [-0.2, -0.15) is 4.91 Å². The zero-order valence-corrected chi connectivity index (χ0v) is 10.0. The predicted octanol–water partition coefficient (Wildman–Crippen LogP) is 3.71. The number of rotatable bonds is 4. The van der Waals surface area contributed by atoms with Crippen LogP contribution in [0, 0.1) is 4.91 Å². The van der Waals surface area contributed by atoms with E-state index in [-0.39, 0.29) is 6.54 Å². The molecule has 0 radical (unpaired) electrons. The van der Waals surface area contributed by atoms with Gasteiger partial charge in [0.1, 0.15) is 6.54 Å². The lowest BCUT2D eigenvalue weighted by molar-refractivity contribution is 0.210. The summed E-state index contributed by atoms with van der Waals surface area (Å²) in [6.45, 7) is 0.0996. The average molecular weight is 256 g/mol. The van der Waals surface area contributed by atoms with E-state index in [2.05, 4.69) is 10.5 Å². The summed E-state index contributed by atoms with van der Waals surface area (Å²) in [7, 11) is 0. The Kier molecular flexibility index (Phi) is 3.87. The summed E-state index contributed by atoms with van der Waals surface area (Å²) in [5.74, 6) is 0. The highest BCUT2D eigenvalue weighted by molar-refractivity contribution is 5.90. The molecule has 0 aliphatic heterocycles. The molecular formula is C14H12N2O3. The molecule has 0 aliphatic rings. The third-order valence-electron chi connectivity index (χ3n) is 2.65. The predicted molar refractivity (Wildman–Crippen MR) is 73.0 cm³/mol. The number of amides is 1. The van der Waals surface area contributed by atoms with Crippen LogP contribution in [-0.2, 0) is 6.54 Å². The molecule has 0 bridgehead atoms. The fourth-order valence-corrected chi connectivity index (χ4v) is 1.87. The number of benzene rings is 2. The molecule has 1 amide bonds. The maximum Gasteiger partial charge on any atom is 0.409 e. The number of nitrogens with one attached hydrogen (secondary N) is 1. The van der Waals surface area contributed by atoms with Gasteiger partial charge in [0.25, 0.3) is 0 Å². The minimum atomic E-state index is -1.11. The van der Waals surface area contributed by atoms with E-state index >= 15 is 0 Å². The fraction of sp³-hybridized carbons (Fsp3) is 0.0714. The van der Waals surface area contributed by atoms with Crippen molar-refractivity contribution in [2.75, 3.05) is 5.32 Å². The minimum Gasteiger partial charge on any atom is -0.465 e. The second-order valence-electron chi connectivity index (χ2n) is 3.96. The molecule has 2 N–H and O–H groups in total. The van der Waals surface area contributed by atoms with E-state index in [1.165, 1.54) is 0 Å². The summed E-state index contributed by atoms with van der Waals surface area (Å²) < 4.78 is 0. The molecule has 5 heteroatoms. The van der Waals surface area contributed by atoms with Gasteiger partial charge in [0.2, 0.25) is 0 Å². The van der Waals surface area contributed by atoms with Gasteiger partial charge in [-0.25, -0.2) is 4.79 Å². The summed E-state index contributed by atoms with van der Waals surface area (Å²) in [4.78, 5) is 21.0. The zero-order chi connectivity index (χ0) is 13.7. The van der Waals surface area contributed by atoms with Gasteiger partial charge < -0.3 is 5.11 Å². The Balaban J connectivity index is 2.43. The van der Waals surface area contributed by atoms with Gasteiger partial charge in [0.05, 0.1) is 5.69 Å². The molecular weight excluding hydrogens is 244 g/mol. The molecule has 2 aromatic carbocycles. The van der Waals surface area contributed by atoms with Crippen LogP contribution < -0.4 is 5.32 Å². The van der Waals surface area contributed by atoms with Crippen molar-refractivity contribution < 1.29 is 9.90 Å². The number of hydrogen-bond acceptors (Lipinski definition) is 3. The van der Waals surface area contributed by atoms with Crippen LogP contribution in [0.5, 0.6) is 0 Å². The van der Waals surface area contributed by atoms with Crippen molar-refractivity contribution in [3.8, 4) is 11.1 Å². The topological polar surface area (TPSA) is 78.8 Å². The molecule has 0 aromatic heterocycles. The van der Waals surface area contributed by atoms with Gasteiger partial charge in [0, 0.05) is 5.56 Å². The van der Waals surface area contributed by atoms with Crippen LogP contribution in [0.2, 0.25) is 0 Å². The van der Waals surface area contributed by atoms with Gasteiger partial charge >= 0.3 is 6.09 Å². The number of anilines is 1. The molecule has 0 heterocycles. The number of nitrogens with zero attached hydrogens (tertiary/aromatic N) is 1. The van der Waals surface area contributed by atoms with Crippen LogP contribution >= 0.6 is 0 Å². The maximum atomic E-state index is 10.8. The number of nitroso groups, excluding NO2 is 1. The molecule has 0 aliphatic carbocycles. The summed E-state index contributed by atoms with van der Waals surface area (Å²) >= 11 is 0. The highest BCUT2D eigenvalue weighted by Gasteiger charge is 2.07. The zero-order valence-electron chi connectivity index (χ0n) is 10.0. The summed E-state index contributed by atoms with van der Waals surface area (Å²) in [6.07, 6.45) is -1.11. The minimum absolute atomic E-state index is 0.0996. The normalized spacial score (nSPS) is 9.89. The van der Waals surface area contributed by atoms with Crippen LogP contribution in [0.15, 0.2) is 53.7 Å². The van der Waals surface area contributed by atoms with Crippen molar-refractivity contribution in [1.82, 2.24) is 0 Å². The Hall–Kier alpha value is -2.69. The molecule has 0 saturated carbocycles. The van der Waals surface area contributed by atoms with Gasteiger partial charge in [-0.15, -0.1) is 0 Å². The van der Waals surface area contributed by atoms with E-state index in [0.717, 1.165) is 16.7 Å². The Bertz CT molecular complexity index is 611. The third kappa shape index (κ3) is 3.16. The van der Waals surface area contributed by atoms with E-state index in [0.29, 0.717) is 5.69 Å². The number of hydrogen-bond donors (Lipinski definition) is 2. The van der Waals surface area contributed by atoms with E-state index in [1.54, 1.807) is 18.2 Å². The smallest absolute Gasteiger partial charge is 0.409 e. The summed E-state index contributed by atoms with van der Waals surface area (Å²) in [6, 6.07) is 14.4. The number of carbonyl (C=O) groups is 1. The van der Waals surface area contributed by atoms with E-state index in [1.807, 2.05) is 30.3 Å². The quantitative estimate of drug-likeness (QED) is 0.818. The van der Waals surface area contributed by atoms with E-state index < -0.39 is 6.09 Å². The van der Waals surface area contributed by atoms with Gasteiger partial charge in [-0.3, -0.25) is 5.32 Å². The molecule has 96 valence electrons. The Morgan fingerprint density at radius 2 is 1.95 bits per heavy atom. The largest absolute Gasteiger partial charge is 0.465 e. The van der Waals surface area contributed by atoms with Gasteiger partial charge in [0.15, 0.2) is 0 Å². The second-order valence-corrected chi connectivity index (χ2v) is 3.96. The van der Waals surface area contributed by atoms with Crippen LogP contribution in [0.3, 0.4) is 0 Å². The summed E-state index contributed by atoms with van der Waals surface area (Å²) in [5.41, 5.74) is 2.90. The van der Waals surface area contributed by atoms with Crippen LogP contribution in [0.1, 0.15) is 5.56 Å². The molecule has 0 saturated heterocycles. The van der Waals surface area contributed by atoms with Crippen LogP contribution in [0.25, 0.3) is 11.1 Å². The SMILES string of the molecule is O=NCc1cccc(-c2ccccc2NC(=O)O)c1. The number of carboxylic acid groups (broad SMARTS) is 1. The standard InChI is InChI=1S/C14H12N2O3/c17-14(18)16-13-7-2-1-6-12(13)11-5-3-4-10(8-11)9-15-19/h1-8,16H,9H2,(H,17,18). The fourth-order valence-electron chi connectivity index (χ4n) is 1.87. The summed E-state index contributed by atoms with van der Waals surface area (Å²) in [5, 5.41) is 14.0. The molecule has 2 rings (SSSR count). The van der Waals surface area contributed by atoms with Crippen LogP contribution in [0.4, 0.5) is 10.5 Å². The van der Waals surface area contributed by atoms with Gasteiger partial charge in [-0.1, -0.05) is 41.6 Å². The van der Waals surface area contributed by atoms with Crippen molar-refractivity contribution in [2.24, 2.45) is 5.18 Å². The molecule has 0 unspecified atom stereocenters. The van der Waals surface area contributed by atoms with Crippen molar-refractivity contribution >= 4 is 11.8 Å². The Morgan fingerprint density at radius 1 is 1.16 bits per heavy atom. The second kappa shape index (κ2) is 5.77. The van der Waals surface area contributed by atoms with Crippen molar-refractivity contribution in [2.45, 2.75) is 6.54 Å². The van der Waals surface area contributed by atoms with E-state index in [4.69, 9.17) is 5.11 Å². The average Bonchev–Trinajstić information content (AvgIpc) is 2.39. The molecule has 0 spiro atoms.